The van der Waals surface area contributed by atoms with Crippen LogP contribution in [0.2, 0.25) is 0 Å². The van der Waals surface area contributed by atoms with Crippen molar-refractivity contribution in [3.05, 3.63) is 23.2 Å². The monoisotopic (exact) mass is 293 g/mol. The minimum Gasteiger partial charge on any atom is -0.465 e. The van der Waals surface area contributed by atoms with Crippen LogP contribution in [0.4, 0.5) is 0 Å². The zero-order valence-corrected chi connectivity index (χ0v) is 14.5. The lowest BCUT2D eigenvalue weighted by Crippen LogP contribution is -2.57. The highest BCUT2D eigenvalue weighted by molar-refractivity contribution is 5.20. The molecule has 1 saturated heterocycles. The fraction of sp³-hybridized carbons (Fsp3) is 0.765. The van der Waals surface area contributed by atoms with E-state index in [-0.39, 0.29) is 5.54 Å². The summed E-state index contributed by atoms with van der Waals surface area (Å²) < 4.78 is 5.95. The molecule has 0 spiro atoms. The highest BCUT2D eigenvalue weighted by Gasteiger charge is 2.31. The zero-order valence-electron chi connectivity index (χ0n) is 14.5. The van der Waals surface area contributed by atoms with Gasteiger partial charge < -0.3 is 9.73 Å². The van der Waals surface area contributed by atoms with Crippen molar-refractivity contribution in [2.45, 2.75) is 59.3 Å². The van der Waals surface area contributed by atoms with E-state index >= 15 is 0 Å². The van der Waals surface area contributed by atoms with E-state index in [2.05, 4.69) is 62.8 Å². The lowest BCUT2D eigenvalue weighted by molar-refractivity contribution is 0.0327. The summed E-state index contributed by atoms with van der Waals surface area (Å²) in [6, 6.07) is 2.72. The molecule has 0 saturated carbocycles. The summed E-state index contributed by atoms with van der Waals surface area (Å²) in [7, 11) is 2.21. The first-order valence-corrected chi connectivity index (χ1v) is 8.03. The van der Waals surface area contributed by atoms with Gasteiger partial charge in [0, 0.05) is 43.3 Å². The van der Waals surface area contributed by atoms with Gasteiger partial charge in [0.25, 0.3) is 0 Å². The van der Waals surface area contributed by atoms with E-state index in [1.165, 1.54) is 5.56 Å². The molecule has 0 amide bonds. The summed E-state index contributed by atoms with van der Waals surface area (Å²) >= 11 is 0. The summed E-state index contributed by atoms with van der Waals surface area (Å²) in [5, 5.41) is 3.46. The molecule has 0 unspecified atom stereocenters. The van der Waals surface area contributed by atoms with Crippen molar-refractivity contribution in [2.75, 3.05) is 26.7 Å². The molecule has 2 heterocycles. The number of piperazine rings is 1. The van der Waals surface area contributed by atoms with Gasteiger partial charge in [0.2, 0.25) is 0 Å². The second kappa shape index (κ2) is 6.51. The maximum absolute atomic E-state index is 5.95. The zero-order chi connectivity index (χ0) is 15.6. The molecule has 4 heteroatoms. The Morgan fingerprint density at radius 1 is 1.33 bits per heavy atom. The molecule has 2 rings (SSSR count). The number of hydrogen-bond acceptors (Lipinski definition) is 4. The van der Waals surface area contributed by atoms with Gasteiger partial charge in [-0.2, -0.15) is 0 Å². The average molecular weight is 293 g/mol. The predicted molar refractivity (Wildman–Crippen MR) is 87.4 cm³/mol. The summed E-state index contributed by atoms with van der Waals surface area (Å²) in [4.78, 5) is 4.94. The van der Waals surface area contributed by atoms with Gasteiger partial charge in [-0.15, -0.1) is 0 Å². The molecule has 1 aromatic rings. The first kappa shape index (κ1) is 16.5. The Morgan fingerprint density at radius 2 is 2.05 bits per heavy atom. The Hall–Kier alpha value is -0.840. The molecule has 0 aromatic carbocycles. The van der Waals surface area contributed by atoms with Crippen molar-refractivity contribution in [3.63, 3.8) is 0 Å². The van der Waals surface area contributed by atoms with Crippen LogP contribution < -0.4 is 5.32 Å². The molecule has 0 radical (unpaired) electrons. The molecule has 0 bridgehead atoms. The maximum Gasteiger partial charge on any atom is 0.118 e. The maximum atomic E-state index is 5.95. The summed E-state index contributed by atoms with van der Waals surface area (Å²) in [6.45, 7) is 16.1. The van der Waals surface area contributed by atoms with Crippen LogP contribution in [0.3, 0.4) is 0 Å². The highest BCUT2D eigenvalue weighted by atomic mass is 16.3. The van der Waals surface area contributed by atoms with E-state index in [1.54, 1.807) is 0 Å². The molecule has 1 fully saturated rings. The first-order valence-electron chi connectivity index (χ1n) is 8.03. The summed E-state index contributed by atoms with van der Waals surface area (Å²) in [6.07, 6.45) is 0. The van der Waals surface area contributed by atoms with Gasteiger partial charge in [0.15, 0.2) is 0 Å². The van der Waals surface area contributed by atoms with Crippen LogP contribution in [0.5, 0.6) is 0 Å². The Labute approximate surface area is 129 Å². The highest BCUT2D eigenvalue weighted by Crippen LogP contribution is 2.22. The second-order valence-electron chi connectivity index (χ2n) is 7.27. The molecule has 0 aliphatic carbocycles. The van der Waals surface area contributed by atoms with E-state index < -0.39 is 0 Å². The van der Waals surface area contributed by atoms with Gasteiger partial charge in [-0.1, -0.05) is 13.8 Å². The van der Waals surface area contributed by atoms with Crippen LogP contribution in [0.25, 0.3) is 0 Å². The quantitative estimate of drug-likeness (QED) is 0.904. The lowest BCUT2D eigenvalue weighted by atomic mass is 10.00. The van der Waals surface area contributed by atoms with Crippen molar-refractivity contribution < 1.29 is 4.42 Å². The number of furan rings is 1. The van der Waals surface area contributed by atoms with E-state index in [4.69, 9.17) is 4.42 Å². The van der Waals surface area contributed by atoms with Gasteiger partial charge in [-0.3, -0.25) is 9.80 Å². The molecule has 21 heavy (non-hydrogen) atoms. The Kier molecular flexibility index (Phi) is 5.12. The summed E-state index contributed by atoms with van der Waals surface area (Å²) in [5.74, 6) is 2.14. The fourth-order valence-electron chi connectivity index (χ4n) is 2.85. The first-order chi connectivity index (χ1) is 9.78. The van der Waals surface area contributed by atoms with Gasteiger partial charge in [0.1, 0.15) is 11.5 Å². The smallest absolute Gasteiger partial charge is 0.118 e. The minimum absolute atomic E-state index is 0.238. The molecular formula is C17H31N3O. The molecule has 4 nitrogen and oxygen atoms in total. The topological polar surface area (TPSA) is 31.7 Å². The second-order valence-corrected chi connectivity index (χ2v) is 7.27. The number of aryl methyl sites for hydroxylation is 1. The fourth-order valence-corrected chi connectivity index (χ4v) is 2.85. The number of nitrogens with zero attached hydrogens (tertiary/aromatic N) is 2. The standard InChI is InChI=1S/C17H31N3O/c1-13(2)18-10-15-9-16(21-14(15)3)11-20-8-7-19(6)17(4,5)12-20/h9,13,18H,7-8,10-12H2,1-6H3. The minimum atomic E-state index is 0.238. The van der Waals surface area contributed by atoms with Crippen LogP contribution in [0, 0.1) is 6.92 Å². The Morgan fingerprint density at radius 3 is 2.67 bits per heavy atom. The molecule has 1 N–H and O–H groups in total. The Balaban J connectivity index is 1.96. The largest absolute Gasteiger partial charge is 0.465 e. The van der Waals surface area contributed by atoms with Crippen LogP contribution in [-0.4, -0.2) is 48.1 Å². The van der Waals surface area contributed by atoms with Crippen molar-refractivity contribution in [3.8, 4) is 0 Å². The lowest BCUT2D eigenvalue weighted by Gasteiger charge is -2.45. The van der Waals surface area contributed by atoms with Crippen molar-refractivity contribution >= 4 is 0 Å². The van der Waals surface area contributed by atoms with Gasteiger partial charge in [-0.05, 0) is 33.9 Å². The third kappa shape index (κ3) is 4.31. The van der Waals surface area contributed by atoms with Gasteiger partial charge in [-0.25, -0.2) is 0 Å². The van der Waals surface area contributed by atoms with Crippen LogP contribution >= 0.6 is 0 Å². The van der Waals surface area contributed by atoms with Crippen LogP contribution in [0.15, 0.2) is 10.5 Å². The number of nitrogens with one attached hydrogen (secondary N) is 1. The van der Waals surface area contributed by atoms with E-state index in [1.807, 2.05) is 0 Å². The predicted octanol–water partition coefficient (Wildman–Crippen LogP) is 2.61. The third-order valence-corrected chi connectivity index (χ3v) is 4.55. The molecule has 120 valence electrons. The normalized spacial score (nSPS) is 20.3. The van der Waals surface area contributed by atoms with Crippen molar-refractivity contribution in [1.29, 1.82) is 0 Å². The molecule has 1 aliphatic heterocycles. The van der Waals surface area contributed by atoms with Gasteiger partial charge in [0.05, 0.1) is 6.54 Å². The van der Waals surface area contributed by atoms with Crippen molar-refractivity contribution in [1.82, 2.24) is 15.1 Å². The van der Waals surface area contributed by atoms with E-state index in [0.717, 1.165) is 44.2 Å². The van der Waals surface area contributed by atoms with Gasteiger partial charge >= 0.3 is 0 Å². The summed E-state index contributed by atoms with van der Waals surface area (Å²) in [5.41, 5.74) is 1.52. The average Bonchev–Trinajstić information content (AvgIpc) is 2.71. The molecule has 0 atom stereocenters. The number of hydrogen-bond donors (Lipinski definition) is 1. The van der Waals surface area contributed by atoms with E-state index in [9.17, 15) is 0 Å². The van der Waals surface area contributed by atoms with Crippen LogP contribution in [0.1, 0.15) is 44.8 Å². The SMILES string of the molecule is Cc1oc(CN2CCN(C)C(C)(C)C2)cc1CNC(C)C. The molecule has 1 aromatic heterocycles. The molecular weight excluding hydrogens is 262 g/mol. The van der Waals surface area contributed by atoms with Crippen molar-refractivity contribution in [2.24, 2.45) is 0 Å². The third-order valence-electron chi connectivity index (χ3n) is 4.55. The van der Waals surface area contributed by atoms with E-state index in [0.29, 0.717) is 6.04 Å². The van der Waals surface area contributed by atoms with Crippen LogP contribution in [-0.2, 0) is 13.1 Å². The Bertz CT molecular complexity index is 465. The number of rotatable bonds is 5. The number of likely N-dealkylation sites (N-methyl/N-ethyl adjacent to an activating group) is 1. The molecule has 1 aliphatic rings.